The highest BCUT2D eigenvalue weighted by Gasteiger charge is 2.23. The van der Waals surface area contributed by atoms with Gasteiger partial charge in [-0.3, -0.25) is 19.2 Å². The van der Waals surface area contributed by atoms with Crippen LogP contribution in [0.2, 0.25) is 0 Å². The fourth-order valence-electron chi connectivity index (χ4n) is 2.92. The highest BCUT2D eigenvalue weighted by molar-refractivity contribution is 5.97. The van der Waals surface area contributed by atoms with Crippen molar-refractivity contribution in [3.8, 4) is 17.2 Å². The zero-order chi connectivity index (χ0) is 25.4. The van der Waals surface area contributed by atoms with Gasteiger partial charge in [-0.15, -0.1) is 0 Å². The summed E-state index contributed by atoms with van der Waals surface area (Å²) in [6.07, 6.45) is 0. The molecule has 10 heteroatoms. The van der Waals surface area contributed by atoms with Crippen LogP contribution in [0, 0.1) is 0 Å². The average Bonchev–Trinajstić information content (AvgIpc) is 2.73. The van der Waals surface area contributed by atoms with Crippen molar-refractivity contribution < 1.29 is 42.9 Å². The summed E-state index contributed by atoms with van der Waals surface area (Å²) in [5.41, 5.74) is 1.30. The van der Waals surface area contributed by atoms with Crippen LogP contribution < -0.4 is 19.5 Å². The van der Waals surface area contributed by atoms with Crippen LogP contribution >= 0.6 is 0 Å². The summed E-state index contributed by atoms with van der Waals surface area (Å²) < 4.78 is 20.1. The Bertz CT molecular complexity index is 1080. The summed E-state index contributed by atoms with van der Waals surface area (Å²) in [5, 5.41) is 2.69. The fraction of sp³-hybridized carbons (Fsp3) is 0.292. The molecule has 2 aromatic carbocycles. The molecule has 2 aromatic rings. The molecule has 0 radical (unpaired) electrons. The van der Waals surface area contributed by atoms with Gasteiger partial charge in [-0.2, -0.15) is 0 Å². The van der Waals surface area contributed by atoms with Crippen molar-refractivity contribution in [2.45, 2.75) is 40.5 Å². The fourth-order valence-corrected chi connectivity index (χ4v) is 2.92. The minimum atomic E-state index is -0.969. The number of ether oxygens (including phenoxy) is 4. The number of carbonyl (C=O) groups is 5. The van der Waals surface area contributed by atoms with Gasteiger partial charge in [0, 0.05) is 26.5 Å². The number of benzene rings is 2. The molecule has 0 saturated heterocycles. The number of anilines is 1. The second kappa shape index (κ2) is 11.6. The third-order valence-electron chi connectivity index (χ3n) is 4.20. The Labute approximate surface area is 196 Å². The van der Waals surface area contributed by atoms with Crippen LogP contribution in [0.5, 0.6) is 17.2 Å². The molecule has 2 rings (SSSR count). The predicted molar refractivity (Wildman–Crippen MR) is 120 cm³/mol. The molecule has 0 bridgehead atoms. The van der Waals surface area contributed by atoms with E-state index < -0.39 is 36.4 Å². The molecule has 0 unspecified atom stereocenters. The monoisotopic (exact) mass is 471 g/mol. The first-order valence-corrected chi connectivity index (χ1v) is 10.3. The van der Waals surface area contributed by atoms with Gasteiger partial charge in [0.1, 0.15) is 0 Å². The summed E-state index contributed by atoms with van der Waals surface area (Å²) in [7, 11) is 0. The molecule has 0 heterocycles. The molecule has 0 aliphatic carbocycles. The number of esters is 4. The Morgan fingerprint density at radius 1 is 0.824 bits per heavy atom. The molecule has 1 N–H and O–H groups in total. The normalized spacial score (nSPS) is 10.3. The van der Waals surface area contributed by atoms with Gasteiger partial charge in [0.05, 0.1) is 5.56 Å². The van der Waals surface area contributed by atoms with E-state index in [4.69, 9.17) is 18.9 Å². The number of hydrogen-bond donors (Lipinski definition) is 1. The minimum absolute atomic E-state index is 0.161. The lowest BCUT2D eigenvalue weighted by Crippen LogP contribution is -2.22. The van der Waals surface area contributed by atoms with Crippen molar-refractivity contribution in [2.75, 3.05) is 11.9 Å². The lowest BCUT2D eigenvalue weighted by molar-refractivity contribution is -0.135. The third-order valence-corrected chi connectivity index (χ3v) is 4.20. The van der Waals surface area contributed by atoms with Gasteiger partial charge in [0.25, 0.3) is 5.91 Å². The van der Waals surface area contributed by atoms with Crippen molar-refractivity contribution >= 4 is 35.5 Å². The highest BCUT2D eigenvalue weighted by Crippen LogP contribution is 2.39. The van der Waals surface area contributed by atoms with Crippen LogP contribution in [0.3, 0.4) is 0 Å². The quantitative estimate of drug-likeness (QED) is 0.454. The average molecular weight is 471 g/mol. The molecule has 10 nitrogen and oxygen atoms in total. The molecule has 1 amide bonds. The number of nitrogens with one attached hydrogen (secondary N) is 1. The largest absolute Gasteiger partial charge is 0.452 e. The lowest BCUT2D eigenvalue weighted by Gasteiger charge is -2.15. The summed E-state index contributed by atoms with van der Waals surface area (Å²) in [5.74, 6) is -4.77. The van der Waals surface area contributed by atoms with Crippen molar-refractivity contribution in [3.05, 3.63) is 47.5 Å². The Morgan fingerprint density at radius 3 is 1.85 bits per heavy atom. The second-order valence-corrected chi connectivity index (χ2v) is 7.45. The molecular formula is C24H25NO9. The number of rotatable bonds is 8. The Hall–Kier alpha value is -4.21. The molecule has 0 aromatic heterocycles. The standard InChI is InChI=1S/C24H25NO9/c1-13(2)18-8-6-7-9-19(18)25-22(29)12-31-24(30)17-10-20(32-14(3)26)23(34-16(5)28)21(11-17)33-15(4)27/h6-11,13H,12H2,1-5H3,(H,25,29). The van der Waals surface area contributed by atoms with E-state index in [1.807, 2.05) is 26.0 Å². The van der Waals surface area contributed by atoms with Gasteiger partial charge in [-0.1, -0.05) is 32.0 Å². The molecular weight excluding hydrogens is 446 g/mol. The SMILES string of the molecule is CC(=O)Oc1cc(C(=O)OCC(=O)Nc2ccccc2C(C)C)cc(OC(C)=O)c1OC(C)=O. The molecule has 0 spiro atoms. The van der Waals surface area contributed by atoms with E-state index in [1.165, 1.54) is 0 Å². The maximum Gasteiger partial charge on any atom is 0.338 e. The van der Waals surface area contributed by atoms with Crippen molar-refractivity contribution in [1.82, 2.24) is 0 Å². The zero-order valence-electron chi connectivity index (χ0n) is 19.4. The summed E-state index contributed by atoms with van der Waals surface area (Å²) >= 11 is 0. The summed E-state index contributed by atoms with van der Waals surface area (Å²) in [6, 6.07) is 9.38. The Balaban J connectivity index is 2.25. The summed E-state index contributed by atoms with van der Waals surface area (Å²) in [6.45, 7) is 6.62. The van der Waals surface area contributed by atoms with Crippen molar-refractivity contribution in [3.63, 3.8) is 0 Å². The van der Waals surface area contributed by atoms with E-state index >= 15 is 0 Å². The van der Waals surface area contributed by atoms with E-state index in [1.54, 1.807) is 12.1 Å². The van der Waals surface area contributed by atoms with Crippen LogP contribution in [0.15, 0.2) is 36.4 Å². The van der Waals surface area contributed by atoms with E-state index in [9.17, 15) is 24.0 Å². The van der Waals surface area contributed by atoms with Crippen LogP contribution in [0.1, 0.15) is 56.5 Å². The van der Waals surface area contributed by atoms with Crippen LogP contribution in [-0.4, -0.2) is 36.4 Å². The first-order valence-electron chi connectivity index (χ1n) is 10.3. The van der Waals surface area contributed by atoms with Crippen LogP contribution in [0.4, 0.5) is 5.69 Å². The maximum absolute atomic E-state index is 12.6. The minimum Gasteiger partial charge on any atom is -0.452 e. The van der Waals surface area contributed by atoms with Crippen LogP contribution in [-0.2, 0) is 23.9 Å². The zero-order valence-corrected chi connectivity index (χ0v) is 19.4. The van der Waals surface area contributed by atoms with Gasteiger partial charge in [0.15, 0.2) is 18.1 Å². The highest BCUT2D eigenvalue weighted by atomic mass is 16.6. The van der Waals surface area contributed by atoms with Crippen molar-refractivity contribution in [1.29, 1.82) is 0 Å². The first-order chi connectivity index (χ1) is 16.0. The van der Waals surface area contributed by atoms with Gasteiger partial charge >= 0.3 is 23.9 Å². The van der Waals surface area contributed by atoms with E-state index in [0.29, 0.717) is 5.69 Å². The number of hydrogen-bond acceptors (Lipinski definition) is 9. The van der Waals surface area contributed by atoms with E-state index in [2.05, 4.69) is 5.32 Å². The van der Waals surface area contributed by atoms with E-state index in [0.717, 1.165) is 38.5 Å². The molecule has 180 valence electrons. The van der Waals surface area contributed by atoms with Gasteiger partial charge in [-0.25, -0.2) is 4.79 Å². The topological polar surface area (TPSA) is 134 Å². The van der Waals surface area contributed by atoms with Gasteiger partial charge < -0.3 is 24.3 Å². The van der Waals surface area contributed by atoms with Gasteiger partial charge in [0.2, 0.25) is 5.75 Å². The molecule has 0 fully saturated rings. The number of amides is 1. The number of carbonyl (C=O) groups excluding carboxylic acids is 5. The molecule has 0 aliphatic heterocycles. The molecule has 34 heavy (non-hydrogen) atoms. The predicted octanol–water partition coefficient (Wildman–Crippen LogP) is 3.38. The summed E-state index contributed by atoms with van der Waals surface area (Å²) in [4.78, 5) is 59.4. The maximum atomic E-state index is 12.6. The molecule has 0 atom stereocenters. The molecule has 0 aliphatic rings. The van der Waals surface area contributed by atoms with E-state index in [-0.39, 0.29) is 28.7 Å². The Kier molecular flexibility index (Phi) is 8.88. The smallest absolute Gasteiger partial charge is 0.338 e. The second-order valence-electron chi connectivity index (χ2n) is 7.45. The Morgan fingerprint density at radius 2 is 1.35 bits per heavy atom. The molecule has 0 saturated carbocycles. The first kappa shape index (κ1) is 26.0. The van der Waals surface area contributed by atoms with Crippen molar-refractivity contribution in [2.24, 2.45) is 0 Å². The number of para-hydroxylation sites is 1. The van der Waals surface area contributed by atoms with Gasteiger partial charge in [-0.05, 0) is 29.7 Å². The lowest BCUT2D eigenvalue weighted by atomic mass is 10.0. The van der Waals surface area contributed by atoms with Crippen LogP contribution in [0.25, 0.3) is 0 Å². The third kappa shape index (κ3) is 7.44.